The van der Waals surface area contributed by atoms with Gasteiger partial charge in [-0.2, -0.15) is 0 Å². The fraction of sp³-hybridized carbons (Fsp3) is 0.917. The second-order valence-electron chi connectivity index (χ2n) is 4.82. The number of likely N-dealkylation sites (tertiary alicyclic amines) is 1. The van der Waals surface area contributed by atoms with E-state index in [1.165, 1.54) is 7.11 Å². The van der Waals surface area contributed by atoms with Crippen molar-refractivity contribution in [1.82, 2.24) is 9.62 Å². The number of carbonyl (C=O) groups excluding carboxylic acids is 1. The molecule has 0 bridgehead atoms. The van der Waals surface area contributed by atoms with Crippen LogP contribution in [0.25, 0.3) is 0 Å². The SMILES string of the molecule is CCN1CCC(NS(=O)(=O)CCCC(=O)OC)CC1. The van der Waals surface area contributed by atoms with Crippen LogP contribution in [-0.2, 0) is 19.6 Å². The van der Waals surface area contributed by atoms with Crippen LogP contribution in [0.1, 0.15) is 32.6 Å². The summed E-state index contributed by atoms with van der Waals surface area (Å²) in [7, 11) is -1.98. The van der Waals surface area contributed by atoms with Gasteiger partial charge >= 0.3 is 5.97 Å². The topological polar surface area (TPSA) is 75.7 Å². The largest absolute Gasteiger partial charge is 0.469 e. The van der Waals surface area contributed by atoms with E-state index in [0.717, 1.165) is 32.5 Å². The van der Waals surface area contributed by atoms with Gasteiger partial charge in [0, 0.05) is 12.5 Å². The molecular weight excluding hydrogens is 268 g/mol. The number of ether oxygens (including phenoxy) is 1. The number of esters is 1. The van der Waals surface area contributed by atoms with E-state index in [9.17, 15) is 13.2 Å². The van der Waals surface area contributed by atoms with Crippen LogP contribution in [0.5, 0.6) is 0 Å². The molecule has 0 amide bonds. The first-order valence-corrected chi connectivity index (χ1v) is 8.41. The average Bonchev–Trinajstić information content (AvgIpc) is 2.38. The predicted molar refractivity (Wildman–Crippen MR) is 73.3 cm³/mol. The van der Waals surface area contributed by atoms with E-state index in [2.05, 4.69) is 21.3 Å². The highest BCUT2D eigenvalue weighted by molar-refractivity contribution is 7.89. The Balaban J connectivity index is 2.29. The van der Waals surface area contributed by atoms with E-state index in [4.69, 9.17) is 0 Å². The van der Waals surface area contributed by atoms with Gasteiger partial charge in [-0.1, -0.05) is 6.92 Å². The highest BCUT2D eigenvalue weighted by Gasteiger charge is 2.22. The first-order valence-electron chi connectivity index (χ1n) is 6.76. The summed E-state index contributed by atoms with van der Waals surface area (Å²) in [6, 6.07) is 0.0333. The zero-order valence-electron chi connectivity index (χ0n) is 11.7. The number of rotatable bonds is 7. The van der Waals surface area contributed by atoms with Crippen molar-refractivity contribution in [3.8, 4) is 0 Å². The third-order valence-electron chi connectivity index (χ3n) is 3.40. The minimum absolute atomic E-state index is 0.0178. The average molecular weight is 292 g/mol. The van der Waals surface area contributed by atoms with Crippen LogP contribution in [0, 0.1) is 0 Å². The van der Waals surface area contributed by atoms with Crippen LogP contribution < -0.4 is 4.72 Å². The second kappa shape index (κ2) is 7.81. The minimum atomic E-state index is -3.29. The molecule has 0 aliphatic carbocycles. The van der Waals surface area contributed by atoms with Crippen LogP contribution in [0.3, 0.4) is 0 Å². The summed E-state index contributed by atoms with van der Waals surface area (Å²) in [5, 5.41) is 0. The highest BCUT2D eigenvalue weighted by atomic mass is 32.2. The van der Waals surface area contributed by atoms with Crippen molar-refractivity contribution in [2.75, 3.05) is 32.5 Å². The van der Waals surface area contributed by atoms with Gasteiger partial charge in [0.05, 0.1) is 12.9 Å². The Labute approximate surface area is 115 Å². The fourth-order valence-electron chi connectivity index (χ4n) is 2.19. The fourth-order valence-corrected chi connectivity index (χ4v) is 3.57. The molecule has 0 aromatic heterocycles. The lowest BCUT2D eigenvalue weighted by Crippen LogP contribution is -2.45. The van der Waals surface area contributed by atoms with Gasteiger partial charge in [-0.15, -0.1) is 0 Å². The number of methoxy groups -OCH3 is 1. The molecule has 19 heavy (non-hydrogen) atoms. The molecule has 0 aromatic carbocycles. The maximum absolute atomic E-state index is 11.8. The highest BCUT2D eigenvalue weighted by Crippen LogP contribution is 2.11. The quantitative estimate of drug-likeness (QED) is 0.685. The Morgan fingerprint density at radius 3 is 2.53 bits per heavy atom. The van der Waals surface area contributed by atoms with Gasteiger partial charge in [0.15, 0.2) is 0 Å². The van der Waals surface area contributed by atoms with Gasteiger partial charge in [-0.25, -0.2) is 13.1 Å². The third-order valence-corrected chi connectivity index (χ3v) is 4.92. The molecule has 1 aliphatic rings. The molecule has 1 heterocycles. The zero-order chi connectivity index (χ0) is 14.3. The van der Waals surface area contributed by atoms with Crippen molar-refractivity contribution >= 4 is 16.0 Å². The first kappa shape index (κ1) is 16.4. The monoisotopic (exact) mass is 292 g/mol. The third kappa shape index (κ3) is 6.35. The van der Waals surface area contributed by atoms with Gasteiger partial charge in [0.2, 0.25) is 10.0 Å². The second-order valence-corrected chi connectivity index (χ2v) is 6.70. The molecule has 0 aromatic rings. The number of carbonyl (C=O) groups is 1. The number of hydrogen-bond acceptors (Lipinski definition) is 5. The normalized spacial score (nSPS) is 18.4. The molecule has 0 radical (unpaired) electrons. The number of sulfonamides is 1. The molecule has 1 saturated heterocycles. The molecule has 1 N–H and O–H groups in total. The standard InChI is InChI=1S/C12H24N2O4S/c1-3-14-8-6-11(7-9-14)13-19(16,17)10-4-5-12(15)18-2/h11,13H,3-10H2,1-2H3. The van der Waals surface area contributed by atoms with E-state index >= 15 is 0 Å². The lowest BCUT2D eigenvalue weighted by Gasteiger charge is -2.31. The predicted octanol–water partition coefficient (Wildman–Crippen LogP) is 0.343. The van der Waals surface area contributed by atoms with Gasteiger partial charge in [0.1, 0.15) is 0 Å². The van der Waals surface area contributed by atoms with Gasteiger partial charge in [0.25, 0.3) is 0 Å². The Morgan fingerprint density at radius 1 is 1.37 bits per heavy atom. The minimum Gasteiger partial charge on any atom is -0.469 e. The summed E-state index contributed by atoms with van der Waals surface area (Å²) in [6.07, 6.45) is 2.15. The van der Waals surface area contributed by atoms with Gasteiger partial charge in [-0.3, -0.25) is 4.79 Å². The lowest BCUT2D eigenvalue weighted by atomic mass is 10.1. The Bertz CT molecular complexity index is 375. The molecule has 0 atom stereocenters. The summed E-state index contributed by atoms with van der Waals surface area (Å²) in [6.45, 7) is 4.99. The van der Waals surface area contributed by atoms with E-state index in [1.807, 2.05) is 0 Å². The smallest absolute Gasteiger partial charge is 0.305 e. The number of hydrogen-bond donors (Lipinski definition) is 1. The molecule has 0 saturated carbocycles. The van der Waals surface area contributed by atoms with E-state index < -0.39 is 10.0 Å². The number of nitrogens with one attached hydrogen (secondary N) is 1. The summed E-state index contributed by atoms with van der Waals surface area (Å²) < 4.78 is 30.9. The maximum Gasteiger partial charge on any atom is 0.305 e. The van der Waals surface area contributed by atoms with E-state index in [0.29, 0.717) is 6.42 Å². The molecular formula is C12H24N2O4S. The number of piperidine rings is 1. The lowest BCUT2D eigenvalue weighted by molar-refractivity contribution is -0.140. The Morgan fingerprint density at radius 2 is 2.00 bits per heavy atom. The van der Waals surface area contributed by atoms with Crippen molar-refractivity contribution in [1.29, 1.82) is 0 Å². The van der Waals surface area contributed by atoms with E-state index in [1.54, 1.807) is 0 Å². The summed E-state index contributed by atoms with van der Waals surface area (Å²) in [5.74, 6) is -0.387. The van der Waals surface area contributed by atoms with Crippen LogP contribution >= 0.6 is 0 Å². The van der Waals surface area contributed by atoms with Crippen molar-refractivity contribution in [3.63, 3.8) is 0 Å². The molecule has 0 unspecified atom stereocenters. The van der Waals surface area contributed by atoms with Crippen LogP contribution in [0.4, 0.5) is 0 Å². The molecule has 1 fully saturated rings. The molecule has 1 rings (SSSR count). The molecule has 1 aliphatic heterocycles. The molecule has 112 valence electrons. The maximum atomic E-state index is 11.8. The van der Waals surface area contributed by atoms with Crippen LogP contribution in [0.15, 0.2) is 0 Å². The Kier molecular flexibility index (Phi) is 6.74. The molecule has 6 nitrogen and oxygen atoms in total. The first-order chi connectivity index (χ1) is 8.96. The van der Waals surface area contributed by atoms with Crippen LogP contribution in [0.2, 0.25) is 0 Å². The molecule has 0 spiro atoms. The van der Waals surface area contributed by atoms with E-state index in [-0.39, 0.29) is 24.2 Å². The summed E-state index contributed by atoms with van der Waals surface area (Å²) in [5.41, 5.74) is 0. The Hall–Kier alpha value is -0.660. The zero-order valence-corrected chi connectivity index (χ0v) is 12.5. The summed E-state index contributed by atoms with van der Waals surface area (Å²) in [4.78, 5) is 13.2. The van der Waals surface area contributed by atoms with Crippen molar-refractivity contribution < 1.29 is 17.9 Å². The van der Waals surface area contributed by atoms with Crippen LogP contribution in [-0.4, -0.2) is 57.8 Å². The van der Waals surface area contributed by atoms with Gasteiger partial charge < -0.3 is 9.64 Å². The van der Waals surface area contributed by atoms with Crippen molar-refractivity contribution in [2.45, 2.75) is 38.6 Å². The van der Waals surface area contributed by atoms with Crippen molar-refractivity contribution in [3.05, 3.63) is 0 Å². The number of nitrogens with zero attached hydrogens (tertiary/aromatic N) is 1. The summed E-state index contributed by atoms with van der Waals surface area (Å²) >= 11 is 0. The van der Waals surface area contributed by atoms with Crippen molar-refractivity contribution in [2.24, 2.45) is 0 Å². The molecule has 7 heteroatoms. The van der Waals surface area contributed by atoms with Gasteiger partial charge in [-0.05, 0) is 38.9 Å².